The SMILES string of the molecule is Cc1cccc2c1[nH]c(=S)n2CC1CCCC1. The van der Waals surface area contributed by atoms with Crippen molar-refractivity contribution in [2.45, 2.75) is 39.2 Å². The van der Waals surface area contributed by atoms with Gasteiger partial charge in [0.25, 0.3) is 0 Å². The lowest BCUT2D eigenvalue weighted by atomic mass is 10.1. The minimum Gasteiger partial charge on any atom is -0.330 e. The maximum Gasteiger partial charge on any atom is 0.178 e. The lowest BCUT2D eigenvalue weighted by Gasteiger charge is -2.10. The standard InChI is InChI=1S/C14H18N2S/c1-10-5-4-8-12-13(10)15-14(17)16(12)9-11-6-2-3-7-11/h4-5,8,11H,2-3,6-7,9H2,1H3,(H,15,17). The van der Waals surface area contributed by atoms with Gasteiger partial charge in [0.15, 0.2) is 4.77 Å². The third-order valence-electron chi connectivity index (χ3n) is 3.93. The molecule has 0 unspecified atom stereocenters. The summed E-state index contributed by atoms with van der Waals surface area (Å²) >= 11 is 5.45. The number of H-pyrrole nitrogens is 1. The van der Waals surface area contributed by atoms with Crippen LogP contribution in [-0.2, 0) is 6.54 Å². The Bertz CT molecular complexity index is 588. The molecular weight excluding hydrogens is 228 g/mol. The fourth-order valence-corrected chi connectivity index (χ4v) is 3.23. The van der Waals surface area contributed by atoms with Gasteiger partial charge in [-0.1, -0.05) is 25.0 Å². The molecule has 0 atom stereocenters. The highest BCUT2D eigenvalue weighted by molar-refractivity contribution is 7.71. The zero-order valence-electron chi connectivity index (χ0n) is 10.2. The Kier molecular flexibility index (Phi) is 2.79. The van der Waals surface area contributed by atoms with Crippen molar-refractivity contribution in [2.24, 2.45) is 5.92 Å². The topological polar surface area (TPSA) is 20.7 Å². The first-order chi connectivity index (χ1) is 8.25. The molecule has 0 saturated heterocycles. The summed E-state index contributed by atoms with van der Waals surface area (Å²) in [4.78, 5) is 3.35. The van der Waals surface area contributed by atoms with Gasteiger partial charge < -0.3 is 9.55 Å². The van der Waals surface area contributed by atoms with E-state index in [4.69, 9.17) is 12.2 Å². The van der Waals surface area contributed by atoms with Crippen molar-refractivity contribution < 1.29 is 0 Å². The molecule has 0 amide bonds. The number of hydrogen-bond donors (Lipinski definition) is 1. The van der Waals surface area contributed by atoms with Crippen LogP contribution in [0.1, 0.15) is 31.2 Å². The number of aromatic amines is 1. The second kappa shape index (κ2) is 4.30. The summed E-state index contributed by atoms with van der Waals surface area (Å²) in [6, 6.07) is 6.42. The maximum absolute atomic E-state index is 5.45. The Labute approximate surface area is 107 Å². The van der Waals surface area contributed by atoms with Gasteiger partial charge in [-0.15, -0.1) is 0 Å². The molecule has 1 fully saturated rings. The minimum atomic E-state index is 0.821. The van der Waals surface area contributed by atoms with Crippen LogP contribution in [-0.4, -0.2) is 9.55 Å². The number of fused-ring (bicyclic) bond motifs is 1. The lowest BCUT2D eigenvalue weighted by molar-refractivity contribution is 0.461. The van der Waals surface area contributed by atoms with E-state index in [0.29, 0.717) is 0 Å². The molecule has 0 radical (unpaired) electrons. The Hall–Kier alpha value is -1.09. The summed E-state index contributed by atoms with van der Waals surface area (Å²) < 4.78 is 3.16. The fraction of sp³-hybridized carbons (Fsp3) is 0.500. The smallest absolute Gasteiger partial charge is 0.178 e. The van der Waals surface area contributed by atoms with Gasteiger partial charge in [0.2, 0.25) is 0 Å². The molecule has 1 saturated carbocycles. The summed E-state index contributed by atoms with van der Waals surface area (Å²) in [6.07, 6.45) is 5.50. The summed E-state index contributed by atoms with van der Waals surface area (Å²) in [6.45, 7) is 3.22. The van der Waals surface area contributed by atoms with Gasteiger partial charge in [-0.2, -0.15) is 0 Å². The predicted octanol–water partition coefficient (Wildman–Crippen LogP) is 4.20. The number of imidazole rings is 1. The molecule has 0 bridgehead atoms. The normalized spacial score (nSPS) is 17.0. The van der Waals surface area contributed by atoms with E-state index >= 15 is 0 Å². The van der Waals surface area contributed by atoms with E-state index < -0.39 is 0 Å². The van der Waals surface area contributed by atoms with Crippen LogP contribution in [0, 0.1) is 17.6 Å². The molecule has 1 aromatic heterocycles. The van der Waals surface area contributed by atoms with Gasteiger partial charge in [0.1, 0.15) is 0 Å². The third kappa shape index (κ3) is 1.93. The quantitative estimate of drug-likeness (QED) is 0.788. The number of benzene rings is 1. The van der Waals surface area contributed by atoms with Crippen molar-refractivity contribution in [3.8, 4) is 0 Å². The molecule has 2 nitrogen and oxygen atoms in total. The largest absolute Gasteiger partial charge is 0.330 e. The van der Waals surface area contributed by atoms with E-state index in [1.54, 1.807) is 0 Å². The second-order valence-corrected chi connectivity index (χ2v) is 5.55. The second-order valence-electron chi connectivity index (χ2n) is 5.16. The van der Waals surface area contributed by atoms with E-state index in [0.717, 1.165) is 17.2 Å². The van der Waals surface area contributed by atoms with Gasteiger partial charge in [0.05, 0.1) is 11.0 Å². The first-order valence-electron chi connectivity index (χ1n) is 6.44. The number of hydrogen-bond acceptors (Lipinski definition) is 1. The first kappa shape index (κ1) is 11.0. The van der Waals surface area contributed by atoms with Gasteiger partial charge >= 0.3 is 0 Å². The lowest BCUT2D eigenvalue weighted by Crippen LogP contribution is -2.07. The summed E-state index contributed by atoms with van der Waals surface area (Å²) in [5.41, 5.74) is 3.75. The molecule has 0 spiro atoms. The van der Waals surface area contributed by atoms with Crippen LogP contribution >= 0.6 is 12.2 Å². The van der Waals surface area contributed by atoms with Crippen LogP contribution in [0.2, 0.25) is 0 Å². The Morgan fingerprint density at radius 1 is 1.35 bits per heavy atom. The van der Waals surface area contributed by atoms with E-state index in [2.05, 4.69) is 34.7 Å². The zero-order chi connectivity index (χ0) is 11.8. The number of rotatable bonds is 2. The average Bonchev–Trinajstić information content (AvgIpc) is 2.91. The van der Waals surface area contributed by atoms with Crippen molar-refractivity contribution in [1.29, 1.82) is 0 Å². The predicted molar refractivity (Wildman–Crippen MR) is 73.8 cm³/mol. The van der Waals surface area contributed by atoms with Crippen molar-refractivity contribution in [3.63, 3.8) is 0 Å². The molecule has 90 valence electrons. The third-order valence-corrected chi connectivity index (χ3v) is 4.26. The van der Waals surface area contributed by atoms with Crippen LogP contribution in [0.5, 0.6) is 0 Å². The highest BCUT2D eigenvalue weighted by Crippen LogP contribution is 2.28. The van der Waals surface area contributed by atoms with Crippen molar-refractivity contribution in [2.75, 3.05) is 0 Å². The van der Waals surface area contributed by atoms with Crippen molar-refractivity contribution >= 4 is 23.3 Å². The molecule has 3 rings (SSSR count). The van der Waals surface area contributed by atoms with Gasteiger partial charge in [0, 0.05) is 6.54 Å². The number of aromatic nitrogens is 2. The Morgan fingerprint density at radius 3 is 2.88 bits per heavy atom. The molecule has 2 aromatic rings. The average molecular weight is 246 g/mol. The molecule has 0 aliphatic heterocycles. The van der Waals surface area contributed by atoms with Gasteiger partial charge in [-0.05, 0) is 49.5 Å². The van der Waals surface area contributed by atoms with Gasteiger partial charge in [-0.3, -0.25) is 0 Å². The zero-order valence-corrected chi connectivity index (χ0v) is 11.0. The number of nitrogens with zero attached hydrogens (tertiary/aromatic N) is 1. The number of aryl methyl sites for hydroxylation is 1. The maximum atomic E-state index is 5.45. The van der Waals surface area contributed by atoms with E-state index in [1.807, 2.05) is 0 Å². The van der Waals surface area contributed by atoms with Crippen molar-refractivity contribution in [1.82, 2.24) is 9.55 Å². The number of para-hydroxylation sites is 1. The van der Waals surface area contributed by atoms with E-state index in [1.165, 1.54) is 42.3 Å². The van der Waals surface area contributed by atoms with Crippen LogP contribution < -0.4 is 0 Å². The Balaban J connectivity index is 2.06. The highest BCUT2D eigenvalue weighted by atomic mass is 32.1. The summed E-state index contributed by atoms with van der Waals surface area (Å²) in [7, 11) is 0. The molecule has 1 aliphatic rings. The first-order valence-corrected chi connectivity index (χ1v) is 6.84. The van der Waals surface area contributed by atoms with Crippen molar-refractivity contribution in [3.05, 3.63) is 28.5 Å². The molecule has 1 aromatic carbocycles. The van der Waals surface area contributed by atoms with Crippen LogP contribution in [0.15, 0.2) is 18.2 Å². The number of nitrogens with one attached hydrogen (secondary N) is 1. The van der Waals surface area contributed by atoms with Crippen LogP contribution in [0.3, 0.4) is 0 Å². The molecular formula is C14H18N2S. The minimum absolute atomic E-state index is 0.821. The van der Waals surface area contributed by atoms with E-state index in [9.17, 15) is 0 Å². The fourth-order valence-electron chi connectivity index (χ4n) is 2.96. The Morgan fingerprint density at radius 2 is 2.12 bits per heavy atom. The highest BCUT2D eigenvalue weighted by Gasteiger charge is 2.17. The molecule has 17 heavy (non-hydrogen) atoms. The molecule has 1 N–H and O–H groups in total. The van der Waals surface area contributed by atoms with Crippen LogP contribution in [0.25, 0.3) is 11.0 Å². The summed E-state index contributed by atoms with van der Waals surface area (Å²) in [5, 5.41) is 0. The monoisotopic (exact) mass is 246 g/mol. The molecule has 3 heteroatoms. The van der Waals surface area contributed by atoms with Crippen LogP contribution in [0.4, 0.5) is 0 Å². The van der Waals surface area contributed by atoms with E-state index in [-0.39, 0.29) is 0 Å². The van der Waals surface area contributed by atoms with Gasteiger partial charge in [-0.25, -0.2) is 0 Å². The molecule has 1 heterocycles. The summed E-state index contributed by atoms with van der Waals surface area (Å²) in [5.74, 6) is 0.821. The molecule has 1 aliphatic carbocycles.